The monoisotopic (exact) mass is 251 g/mol. The van der Waals surface area contributed by atoms with Crippen LogP contribution in [0.5, 0.6) is 0 Å². The lowest BCUT2D eigenvalue weighted by Gasteiger charge is -2.18. The first-order chi connectivity index (χ1) is 8.02. The van der Waals surface area contributed by atoms with Crippen LogP contribution < -0.4 is 4.90 Å². The predicted octanol–water partition coefficient (Wildman–Crippen LogP) is 1.89. The smallest absolute Gasteiger partial charge is 0.230 e. The normalized spacial score (nSPS) is 10.5. The summed E-state index contributed by atoms with van der Waals surface area (Å²) in [5.41, 5.74) is 0.794. The zero-order chi connectivity index (χ0) is 12.6. The third-order valence-corrected chi connectivity index (χ3v) is 2.65. The molecule has 0 saturated carbocycles. The number of anilines is 1. The summed E-state index contributed by atoms with van der Waals surface area (Å²) in [6, 6.07) is 1.62. The molecule has 17 heavy (non-hydrogen) atoms. The number of hydrogen-bond acceptors (Lipinski definition) is 3. The Balaban J connectivity index is 2.75. The number of fused-ring (bicyclic) bond motifs is 1. The van der Waals surface area contributed by atoms with Gasteiger partial charge in [-0.05, 0) is 6.07 Å². The predicted molar refractivity (Wildman–Crippen MR) is 64.0 cm³/mol. The van der Waals surface area contributed by atoms with Crippen molar-refractivity contribution in [2.24, 2.45) is 0 Å². The maximum Gasteiger partial charge on any atom is 0.230 e. The molecule has 0 N–H and O–H groups in total. The van der Waals surface area contributed by atoms with Crippen molar-refractivity contribution in [3.8, 4) is 0 Å². The highest BCUT2D eigenvalue weighted by atomic mass is 35.5. The van der Waals surface area contributed by atoms with Gasteiger partial charge < -0.3 is 4.40 Å². The van der Waals surface area contributed by atoms with Crippen LogP contribution in [0.25, 0.3) is 5.65 Å². The topological polar surface area (TPSA) is 54.7 Å². The first-order valence-corrected chi connectivity index (χ1v) is 5.32. The fraction of sp³-hybridized carbons (Fsp3) is 0.182. The Morgan fingerprint density at radius 1 is 1.29 bits per heavy atom. The number of hydrogen-bond donors (Lipinski definition) is 0. The summed E-state index contributed by atoms with van der Waals surface area (Å²) in [5, 5.41) is 0.314. The van der Waals surface area contributed by atoms with Gasteiger partial charge in [-0.3, -0.25) is 9.59 Å². The van der Waals surface area contributed by atoms with E-state index in [1.807, 2.05) is 0 Å². The van der Waals surface area contributed by atoms with E-state index in [4.69, 9.17) is 11.6 Å². The highest BCUT2D eigenvalue weighted by Crippen LogP contribution is 2.30. The van der Waals surface area contributed by atoms with Gasteiger partial charge in [-0.1, -0.05) is 11.6 Å². The van der Waals surface area contributed by atoms with Crippen LogP contribution in [0.3, 0.4) is 0 Å². The fourth-order valence-electron chi connectivity index (χ4n) is 1.69. The lowest BCUT2D eigenvalue weighted by molar-refractivity contribution is -0.124. The third kappa shape index (κ3) is 1.89. The molecular weight excluding hydrogens is 242 g/mol. The van der Waals surface area contributed by atoms with Gasteiger partial charge in [0.25, 0.3) is 0 Å². The van der Waals surface area contributed by atoms with Crippen molar-refractivity contribution < 1.29 is 9.59 Å². The van der Waals surface area contributed by atoms with Crippen molar-refractivity contribution in [2.45, 2.75) is 13.8 Å². The minimum absolute atomic E-state index is 0.314. The SMILES string of the molecule is CC(=O)N(C(C)=O)c1c(Cl)ccn2ccnc12. The van der Waals surface area contributed by atoms with Gasteiger partial charge in [0.05, 0.1) is 5.02 Å². The van der Waals surface area contributed by atoms with Crippen molar-refractivity contribution in [1.29, 1.82) is 0 Å². The van der Waals surface area contributed by atoms with E-state index in [1.165, 1.54) is 13.8 Å². The average Bonchev–Trinajstić information content (AvgIpc) is 2.68. The second-order valence-corrected chi connectivity index (χ2v) is 3.95. The van der Waals surface area contributed by atoms with Crippen LogP contribution in [-0.4, -0.2) is 21.2 Å². The summed E-state index contributed by atoms with van der Waals surface area (Å²) in [7, 11) is 0. The van der Waals surface area contributed by atoms with E-state index in [-0.39, 0.29) is 0 Å². The summed E-state index contributed by atoms with van der Waals surface area (Å²) in [5.74, 6) is -0.786. The summed E-state index contributed by atoms with van der Waals surface area (Å²) < 4.78 is 1.69. The van der Waals surface area contributed by atoms with Crippen molar-refractivity contribution in [3.05, 3.63) is 29.7 Å². The molecule has 2 heterocycles. The van der Waals surface area contributed by atoms with Crippen molar-refractivity contribution in [1.82, 2.24) is 9.38 Å². The molecule has 0 radical (unpaired) electrons. The molecule has 2 amide bonds. The number of aromatic nitrogens is 2. The molecule has 0 aromatic carbocycles. The molecule has 2 aromatic heterocycles. The molecule has 0 fully saturated rings. The Morgan fingerprint density at radius 3 is 2.53 bits per heavy atom. The number of imidazole rings is 1. The van der Waals surface area contributed by atoms with Crippen LogP contribution in [-0.2, 0) is 9.59 Å². The lowest BCUT2D eigenvalue weighted by atomic mass is 10.3. The van der Waals surface area contributed by atoms with E-state index >= 15 is 0 Å². The van der Waals surface area contributed by atoms with Crippen molar-refractivity contribution in [3.63, 3.8) is 0 Å². The minimum Gasteiger partial charge on any atom is -0.305 e. The molecule has 0 aliphatic carbocycles. The molecule has 0 saturated heterocycles. The largest absolute Gasteiger partial charge is 0.305 e. The highest BCUT2D eigenvalue weighted by Gasteiger charge is 2.22. The molecule has 0 bridgehead atoms. The first kappa shape index (κ1) is 11.6. The van der Waals surface area contributed by atoms with E-state index in [2.05, 4.69) is 4.98 Å². The average molecular weight is 252 g/mol. The Morgan fingerprint density at radius 2 is 1.94 bits per heavy atom. The molecule has 88 valence electrons. The molecule has 0 aliphatic rings. The molecule has 0 spiro atoms. The van der Waals surface area contributed by atoms with Crippen LogP contribution in [0.1, 0.15) is 13.8 Å². The van der Waals surface area contributed by atoms with Crippen LogP contribution >= 0.6 is 11.6 Å². The van der Waals surface area contributed by atoms with E-state index < -0.39 is 11.8 Å². The fourth-order valence-corrected chi connectivity index (χ4v) is 1.92. The molecule has 0 aliphatic heterocycles. The van der Waals surface area contributed by atoms with E-state index in [0.29, 0.717) is 16.4 Å². The summed E-state index contributed by atoms with van der Waals surface area (Å²) >= 11 is 6.04. The number of nitrogens with zero attached hydrogens (tertiary/aromatic N) is 3. The molecular formula is C11H10ClN3O2. The standard InChI is InChI=1S/C11H10ClN3O2/c1-7(16)15(8(2)17)10-9(12)3-5-14-6-4-13-11(10)14/h3-6H,1-2H3. The van der Waals surface area contributed by atoms with Gasteiger partial charge in [0.15, 0.2) is 5.65 Å². The number of imide groups is 1. The van der Waals surface area contributed by atoms with E-state index in [1.54, 1.807) is 29.1 Å². The van der Waals surface area contributed by atoms with Gasteiger partial charge in [0.2, 0.25) is 11.8 Å². The van der Waals surface area contributed by atoms with Crippen molar-refractivity contribution in [2.75, 3.05) is 4.90 Å². The van der Waals surface area contributed by atoms with Gasteiger partial charge >= 0.3 is 0 Å². The highest BCUT2D eigenvalue weighted by molar-refractivity contribution is 6.36. The number of halogens is 1. The number of carbonyl (C=O) groups excluding carboxylic acids is 2. The summed E-state index contributed by atoms with van der Waals surface area (Å²) in [6.45, 7) is 2.62. The summed E-state index contributed by atoms with van der Waals surface area (Å²) in [6.07, 6.45) is 5.01. The van der Waals surface area contributed by atoms with Crippen LogP contribution in [0.15, 0.2) is 24.7 Å². The second-order valence-electron chi connectivity index (χ2n) is 3.54. The van der Waals surface area contributed by atoms with Gasteiger partial charge in [-0.15, -0.1) is 0 Å². The Labute approximate surface area is 103 Å². The van der Waals surface area contributed by atoms with Gasteiger partial charge in [-0.2, -0.15) is 0 Å². The molecule has 0 atom stereocenters. The Bertz CT molecular complexity index is 592. The second kappa shape index (κ2) is 4.18. The molecule has 0 unspecified atom stereocenters. The lowest BCUT2D eigenvalue weighted by Crippen LogP contribution is -2.33. The molecule has 5 nitrogen and oxygen atoms in total. The maximum atomic E-state index is 11.5. The third-order valence-electron chi connectivity index (χ3n) is 2.34. The van der Waals surface area contributed by atoms with E-state index in [9.17, 15) is 9.59 Å². The maximum absolute atomic E-state index is 11.5. The number of pyridine rings is 1. The van der Waals surface area contributed by atoms with E-state index in [0.717, 1.165) is 4.90 Å². The van der Waals surface area contributed by atoms with Gasteiger partial charge in [-0.25, -0.2) is 9.88 Å². The Hall–Kier alpha value is -1.88. The minimum atomic E-state index is -0.393. The number of carbonyl (C=O) groups is 2. The first-order valence-electron chi connectivity index (χ1n) is 4.95. The number of rotatable bonds is 1. The van der Waals surface area contributed by atoms with Crippen molar-refractivity contribution >= 4 is 34.7 Å². The summed E-state index contributed by atoms with van der Waals surface area (Å²) in [4.78, 5) is 28.1. The van der Waals surface area contributed by atoms with Crippen LogP contribution in [0, 0.1) is 0 Å². The zero-order valence-electron chi connectivity index (χ0n) is 9.35. The quantitative estimate of drug-likeness (QED) is 0.778. The Kier molecular flexibility index (Phi) is 2.85. The molecule has 6 heteroatoms. The van der Waals surface area contributed by atoms with Gasteiger partial charge in [0, 0.05) is 32.4 Å². The number of amides is 2. The molecule has 2 aromatic rings. The zero-order valence-corrected chi connectivity index (χ0v) is 10.1. The molecule has 2 rings (SSSR count). The van der Waals surface area contributed by atoms with Crippen LogP contribution in [0.4, 0.5) is 5.69 Å². The van der Waals surface area contributed by atoms with Crippen LogP contribution in [0.2, 0.25) is 5.02 Å². The van der Waals surface area contributed by atoms with Gasteiger partial charge in [0.1, 0.15) is 5.69 Å².